The third-order valence-electron chi connectivity index (χ3n) is 2.50. The number of non-ortho nitro benzene ring substituents is 1. The van der Waals surface area contributed by atoms with E-state index in [1.807, 2.05) is 0 Å². The summed E-state index contributed by atoms with van der Waals surface area (Å²) in [5, 5.41) is 10.4. The van der Waals surface area contributed by atoms with Gasteiger partial charge in [-0.05, 0) is 24.6 Å². The van der Waals surface area contributed by atoms with Crippen molar-refractivity contribution in [3.8, 4) is 0 Å². The zero-order chi connectivity index (χ0) is 11.0. The summed E-state index contributed by atoms with van der Waals surface area (Å²) >= 11 is 0. The quantitative estimate of drug-likeness (QED) is 0.421. The SMILES string of the molecule is C[C@@H]1C(=O)O[C@H]1c1ccc([N+](=O)[O-])cc1. The van der Waals surface area contributed by atoms with E-state index < -0.39 is 4.92 Å². The Bertz CT molecular complexity index is 412. The Morgan fingerprint density at radius 1 is 1.33 bits per heavy atom. The van der Waals surface area contributed by atoms with Crippen LogP contribution in [0.25, 0.3) is 0 Å². The zero-order valence-electron chi connectivity index (χ0n) is 8.04. The Morgan fingerprint density at radius 2 is 1.93 bits per heavy atom. The molecule has 1 aliphatic heterocycles. The second kappa shape index (κ2) is 3.34. The lowest BCUT2D eigenvalue weighted by molar-refractivity contribution is -0.384. The molecule has 0 N–H and O–H groups in total. The van der Waals surface area contributed by atoms with Crippen molar-refractivity contribution in [1.29, 1.82) is 0 Å². The predicted octanol–water partition coefficient (Wildman–Crippen LogP) is 1.83. The van der Waals surface area contributed by atoms with Gasteiger partial charge in [0.15, 0.2) is 0 Å². The largest absolute Gasteiger partial charge is 0.456 e. The van der Waals surface area contributed by atoms with Crippen molar-refractivity contribution in [3.05, 3.63) is 39.9 Å². The summed E-state index contributed by atoms with van der Waals surface area (Å²) in [4.78, 5) is 20.8. The number of ether oxygens (including phenoxy) is 1. The molecular formula is C10H9NO4. The average molecular weight is 207 g/mol. The smallest absolute Gasteiger partial charge is 0.313 e. The number of nitro groups is 1. The second-order valence-electron chi connectivity index (χ2n) is 3.49. The molecule has 2 rings (SSSR count). The van der Waals surface area contributed by atoms with Crippen LogP contribution >= 0.6 is 0 Å². The first-order valence-electron chi connectivity index (χ1n) is 4.54. The number of carbonyl (C=O) groups is 1. The minimum atomic E-state index is -0.458. The molecule has 1 saturated heterocycles. The minimum Gasteiger partial charge on any atom is -0.456 e. The number of rotatable bonds is 2. The molecule has 1 fully saturated rings. The van der Waals surface area contributed by atoms with Crippen LogP contribution in [0.1, 0.15) is 18.6 Å². The lowest BCUT2D eigenvalue weighted by Gasteiger charge is -2.32. The summed E-state index contributed by atoms with van der Waals surface area (Å²) in [6.07, 6.45) is -0.252. The van der Waals surface area contributed by atoms with Crippen molar-refractivity contribution in [3.63, 3.8) is 0 Å². The van der Waals surface area contributed by atoms with Crippen LogP contribution in [0.4, 0.5) is 5.69 Å². The number of carbonyl (C=O) groups excluding carboxylic acids is 1. The molecule has 0 spiro atoms. The van der Waals surface area contributed by atoms with E-state index in [4.69, 9.17) is 4.74 Å². The van der Waals surface area contributed by atoms with Crippen LogP contribution < -0.4 is 0 Å². The first-order chi connectivity index (χ1) is 7.09. The van der Waals surface area contributed by atoms with Crippen LogP contribution in [-0.2, 0) is 9.53 Å². The van der Waals surface area contributed by atoms with Crippen molar-refractivity contribution in [2.45, 2.75) is 13.0 Å². The number of nitrogens with zero attached hydrogens (tertiary/aromatic N) is 1. The second-order valence-corrected chi connectivity index (χ2v) is 3.49. The molecule has 2 atom stereocenters. The van der Waals surface area contributed by atoms with Crippen LogP contribution in [0.3, 0.4) is 0 Å². The van der Waals surface area contributed by atoms with Crippen LogP contribution in [-0.4, -0.2) is 10.9 Å². The summed E-state index contributed by atoms with van der Waals surface area (Å²) in [5.41, 5.74) is 0.838. The van der Waals surface area contributed by atoms with E-state index in [0.717, 1.165) is 5.56 Å². The fourth-order valence-electron chi connectivity index (χ4n) is 1.53. The number of hydrogen-bond acceptors (Lipinski definition) is 4. The maximum Gasteiger partial charge on any atom is 0.313 e. The van der Waals surface area contributed by atoms with E-state index in [-0.39, 0.29) is 23.7 Å². The van der Waals surface area contributed by atoms with Gasteiger partial charge in [-0.2, -0.15) is 0 Å². The molecule has 0 saturated carbocycles. The number of esters is 1. The first kappa shape index (κ1) is 9.64. The Labute approximate surface area is 85.8 Å². The topological polar surface area (TPSA) is 69.4 Å². The lowest BCUT2D eigenvalue weighted by atomic mass is 9.92. The molecule has 1 aromatic carbocycles. The van der Waals surface area contributed by atoms with Gasteiger partial charge in [-0.15, -0.1) is 0 Å². The molecule has 0 aromatic heterocycles. The van der Waals surface area contributed by atoms with Crippen LogP contribution in [0.15, 0.2) is 24.3 Å². The Hall–Kier alpha value is -1.91. The average Bonchev–Trinajstić information content (AvgIpc) is 2.25. The molecule has 1 aromatic rings. The van der Waals surface area contributed by atoms with Gasteiger partial charge < -0.3 is 4.74 Å². The van der Waals surface area contributed by atoms with Gasteiger partial charge in [-0.1, -0.05) is 0 Å². The van der Waals surface area contributed by atoms with Gasteiger partial charge in [0.2, 0.25) is 0 Å². The highest BCUT2D eigenvalue weighted by Gasteiger charge is 2.39. The third kappa shape index (κ3) is 1.56. The summed E-state index contributed by atoms with van der Waals surface area (Å²) in [6.45, 7) is 1.78. The van der Waals surface area contributed by atoms with E-state index in [1.165, 1.54) is 12.1 Å². The maximum atomic E-state index is 10.9. The highest BCUT2D eigenvalue weighted by Crippen LogP contribution is 2.36. The van der Waals surface area contributed by atoms with Crippen molar-refractivity contribution in [1.82, 2.24) is 0 Å². The van der Waals surface area contributed by atoms with Crippen molar-refractivity contribution in [2.75, 3.05) is 0 Å². The molecule has 5 nitrogen and oxygen atoms in total. The Morgan fingerprint density at radius 3 is 2.33 bits per heavy atom. The molecular weight excluding hydrogens is 198 g/mol. The first-order valence-corrected chi connectivity index (χ1v) is 4.54. The molecule has 0 aliphatic carbocycles. The monoisotopic (exact) mass is 207 g/mol. The fraction of sp³-hybridized carbons (Fsp3) is 0.300. The summed E-state index contributed by atoms with van der Waals surface area (Å²) in [5.74, 6) is -0.384. The van der Waals surface area contributed by atoms with Crippen LogP contribution in [0.5, 0.6) is 0 Å². The van der Waals surface area contributed by atoms with Gasteiger partial charge in [-0.25, -0.2) is 0 Å². The van der Waals surface area contributed by atoms with E-state index >= 15 is 0 Å². The number of nitro benzene ring substituents is 1. The lowest BCUT2D eigenvalue weighted by Crippen LogP contribution is -2.36. The van der Waals surface area contributed by atoms with E-state index in [2.05, 4.69) is 0 Å². The summed E-state index contributed by atoms with van der Waals surface area (Å²) in [6, 6.07) is 6.06. The molecule has 78 valence electrons. The van der Waals surface area contributed by atoms with Crippen molar-refractivity contribution < 1.29 is 14.5 Å². The molecule has 0 bridgehead atoms. The summed E-state index contributed by atoms with van der Waals surface area (Å²) < 4.78 is 4.93. The fourth-order valence-corrected chi connectivity index (χ4v) is 1.53. The van der Waals surface area contributed by atoms with E-state index in [0.29, 0.717) is 0 Å². The van der Waals surface area contributed by atoms with Crippen LogP contribution in [0, 0.1) is 16.0 Å². The molecule has 5 heteroatoms. The maximum absolute atomic E-state index is 10.9. The van der Waals surface area contributed by atoms with E-state index in [9.17, 15) is 14.9 Å². The molecule has 0 amide bonds. The predicted molar refractivity (Wildman–Crippen MR) is 51.1 cm³/mol. The van der Waals surface area contributed by atoms with Gasteiger partial charge in [0.1, 0.15) is 6.10 Å². The third-order valence-corrected chi connectivity index (χ3v) is 2.50. The number of cyclic esters (lactones) is 1. The molecule has 1 heterocycles. The molecule has 1 aliphatic rings. The Balaban J connectivity index is 2.18. The van der Waals surface area contributed by atoms with Gasteiger partial charge in [0, 0.05) is 12.1 Å². The standard InChI is InChI=1S/C10H9NO4/c1-6-9(15-10(6)12)7-2-4-8(5-3-7)11(13)14/h2-6,9H,1H3/t6-,9+/m0/s1. The highest BCUT2D eigenvalue weighted by atomic mass is 16.6. The van der Waals surface area contributed by atoms with Crippen molar-refractivity contribution in [2.24, 2.45) is 5.92 Å². The Kier molecular flexibility index (Phi) is 2.15. The minimum absolute atomic E-state index is 0.0389. The van der Waals surface area contributed by atoms with Gasteiger partial charge in [0.05, 0.1) is 10.8 Å². The highest BCUT2D eigenvalue weighted by molar-refractivity contribution is 5.78. The molecule has 0 radical (unpaired) electrons. The number of hydrogen-bond donors (Lipinski definition) is 0. The van der Waals surface area contributed by atoms with Crippen LogP contribution in [0.2, 0.25) is 0 Å². The molecule has 15 heavy (non-hydrogen) atoms. The number of benzene rings is 1. The van der Waals surface area contributed by atoms with Crippen molar-refractivity contribution >= 4 is 11.7 Å². The van der Waals surface area contributed by atoms with Gasteiger partial charge in [0.25, 0.3) is 5.69 Å². The van der Waals surface area contributed by atoms with Gasteiger partial charge >= 0.3 is 5.97 Å². The normalized spacial score (nSPS) is 24.2. The van der Waals surface area contributed by atoms with E-state index in [1.54, 1.807) is 19.1 Å². The van der Waals surface area contributed by atoms with Gasteiger partial charge in [-0.3, -0.25) is 14.9 Å². The molecule has 0 unspecified atom stereocenters. The summed E-state index contributed by atoms with van der Waals surface area (Å²) in [7, 11) is 0. The zero-order valence-corrected chi connectivity index (χ0v) is 8.04.